The number of nitrogens with zero attached hydrogens (tertiary/aromatic N) is 1. The first-order valence-electron chi connectivity index (χ1n) is 6.22. The first-order valence-corrected chi connectivity index (χ1v) is 8.86. The van der Waals surface area contributed by atoms with Gasteiger partial charge in [-0.05, 0) is 32.0 Å². The van der Waals surface area contributed by atoms with Crippen LogP contribution in [-0.2, 0) is 14.8 Å². The van der Waals surface area contributed by atoms with Gasteiger partial charge in [0.05, 0.1) is 6.26 Å². The van der Waals surface area contributed by atoms with Crippen LogP contribution in [0.25, 0.3) is 0 Å². The Labute approximate surface area is 128 Å². The summed E-state index contributed by atoms with van der Waals surface area (Å²) in [6, 6.07) is 7.08. The molecular formula is C13H19BrN2O3S. The topological polar surface area (TPSA) is 66.5 Å². The van der Waals surface area contributed by atoms with E-state index in [2.05, 4.69) is 21.2 Å². The molecular weight excluding hydrogens is 344 g/mol. The predicted octanol–water partition coefficient (Wildman–Crippen LogP) is 2.45. The number of anilines is 1. The third-order valence-electron chi connectivity index (χ3n) is 2.67. The van der Waals surface area contributed by atoms with Crippen molar-refractivity contribution < 1.29 is 13.2 Å². The monoisotopic (exact) mass is 362 g/mol. The minimum Gasteiger partial charge on any atom is -0.326 e. The van der Waals surface area contributed by atoms with Crippen molar-refractivity contribution in [3.8, 4) is 0 Å². The molecule has 0 fully saturated rings. The lowest BCUT2D eigenvalue weighted by atomic mass is 10.3. The molecule has 0 spiro atoms. The van der Waals surface area contributed by atoms with Gasteiger partial charge in [-0.3, -0.25) is 4.79 Å². The molecule has 1 aromatic carbocycles. The number of benzene rings is 1. The van der Waals surface area contributed by atoms with Gasteiger partial charge in [0, 0.05) is 29.2 Å². The Morgan fingerprint density at radius 2 is 2.05 bits per heavy atom. The van der Waals surface area contributed by atoms with Gasteiger partial charge < -0.3 is 5.32 Å². The molecule has 0 unspecified atom stereocenters. The van der Waals surface area contributed by atoms with Crippen molar-refractivity contribution in [1.29, 1.82) is 0 Å². The number of hydrogen-bond donors (Lipinski definition) is 1. The molecule has 0 aliphatic heterocycles. The summed E-state index contributed by atoms with van der Waals surface area (Å²) in [6.45, 7) is 3.75. The second-order valence-corrected chi connectivity index (χ2v) is 7.63. The number of nitrogens with one attached hydrogen (secondary N) is 1. The molecule has 1 amide bonds. The lowest BCUT2D eigenvalue weighted by Gasteiger charge is -2.23. The van der Waals surface area contributed by atoms with E-state index >= 15 is 0 Å². The lowest BCUT2D eigenvalue weighted by Crippen LogP contribution is -2.38. The molecule has 1 rings (SSSR count). The van der Waals surface area contributed by atoms with Crippen LogP contribution in [0.4, 0.5) is 5.69 Å². The highest BCUT2D eigenvalue weighted by Gasteiger charge is 2.20. The Hall–Kier alpha value is -0.920. The summed E-state index contributed by atoms with van der Waals surface area (Å²) in [5, 5.41) is 2.74. The van der Waals surface area contributed by atoms with Crippen molar-refractivity contribution in [3.63, 3.8) is 0 Å². The van der Waals surface area contributed by atoms with Crippen LogP contribution in [0.1, 0.15) is 20.3 Å². The van der Waals surface area contributed by atoms with E-state index < -0.39 is 10.0 Å². The Balaban J connectivity index is 2.59. The van der Waals surface area contributed by atoms with E-state index in [-0.39, 0.29) is 24.9 Å². The van der Waals surface area contributed by atoms with Crippen molar-refractivity contribution in [1.82, 2.24) is 4.31 Å². The summed E-state index contributed by atoms with van der Waals surface area (Å²) in [5.41, 5.74) is 0.680. The van der Waals surface area contributed by atoms with E-state index in [0.717, 1.165) is 10.7 Å². The Morgan fingerprint density at radius 3 is 2.55 bits per heavy atom. The van der Waals surface area contributed by atoms with Gasteiger partial charge in [0.2, 0.25) is 15.9 Å². The average molecular weight is 363 g/mol. The largest absolute Gasteiger partial charge is 0.326 e. The van der Waals surface area contributed by atoms with Gasteiger partial charge in [0.1, 0.15) is 0 Å². The molecule has 1 aromatic rings. The molecule has 5 nitrogen and oxygen atoms in total. The van der Waals surface area contributed by atoms with Gasteiger partial charge >= 0.3 is 0 Å². The zero-order valence-corrected chi connectivity index (χ0v) is 14.2. The fourth-order valence-corrected chi connectivity index (χ4v) is 3.40. The SMILES string of the molecule is CC(C)N(CCC(=O)Nc1cccc(Br)c1)S(C)(=O)=O. The van der Waals surface area contributed by atoms with E-state index in [1.54, 1.807) is 26.0 Å². The van der Waals surface area contributed by atoms with E-state index in [0.29, 0.717) is 5.69 Å². The van der Waals surface area contributed by atoms with E-state index in [4.69, 9.17) is 0 Å². The predicted molar refractivity (Wildman–Crippen MR) is 84.1 cm³/mol. The number of sulfonamides is 1. The molecule has 1 N–H and O–H groups in total. The molecule has 112 valence electrons. The van der Waals surface area contributed by atoms with Gasteiger partial charge in [-0.25, -0.2) is 8.42 Å². The molecule has 0 radical (unpaired) electrons. The smallest absolute Gasteiger partial charge is 0.225 e. The summed E-state index contributed by atoms with van der Waals surface area (Å²) >= 11 is 3.32. The number of amides is 1. The second kappa shape index (κ2) is 7.19. The number of carbonyl (C=O) groups is 1. The number of rotatable bonds is 6. The summed E-state index contributed by atoms with van der Waals surface area (Å²) in [5.74, 6) is -0.211. The first-order chi connectivity index (χ1) is 9.20. The van der Waals surface area contributed by atoms with Crippen molar-refractivity contribution in [2.75, 3.05) is 18.1 Å². The molecule has 0 aliphatic carbocycles. The quantitative estimate of drug-likeness (QED) is 0.844. The minimum absolute atomic E-state index is 0.123. The maximum atomic E-state index is 11.8. The molecule has 0 bridgehead atoms. The highest BCUT2D eigenvalue weighted by molar-refractivity contribution is 9.10. The second-order valence-electron chi connectivity index (χ2n) is 4.78. The highest BCUT2D eigenvalue weighted by Crippen LogP contribution is 2.16. The normalized spacial score (nSPS) is 11.9. The van der Waals surface area contributed by atoms with Gasteiger partial charge in [0.15, 0.2) is 0 Å². The fraction of sp³-hybridized carbons (Fsp3) is 0.462. The third-order valence-corrected chi connectivity index (χ3v) is 4.62. The average Bonchev–Trinajstić information content (AvgIpc) is 2.26. The fourth-order valence-electron chi connectivity index (χ4n) is 1.81. The van der Waals surface area contributed by atoms with Crippen molar-refractivity contribution in [2.45, 2.75) is 26.3 Å². The summed E-state index contributed by atoms with van der Waals surface area (Å²) in [7, 11) is -3.29. The van der Waals surface area contributed by atoms with Crippen LogP contribution in [0, 0.1) is 0 Å². The molecule has 0 saturated heterocycles. The first kappa shape index (κ1) is 17.1. The highest BCUT2D eigenvalue weighted by atomic mass is 79.9. The number of hydrogen-bond acceptors (Lipinski definition) is 3. The molecule has 20 heavy (non-hydrogen) atoms. The minimum atomic E-state index is -3.29. The number of carbonyl (C=O) groups excluding carboxylic acids is 1. The van der Waals surface area contributed by atoms with Crippen molar-refractivity contribution in [3.05, 3.63) is 28.7 Å². The standard InChI is InChI=1S/C13H19BrN2O3S/c1-10(2)16(20(3,18)19)8-7-13(17)15-12-6-4-5-11(14)9-12/h4-6,9-10H,7-8H2,1-3H3,(H,15,17). The third kappa shape index (κ3) is 5.60. The summed E-state index contributed by atoms with van der Waals surface area (Å²) in [4.78, 5) is 11.8. The zero-order chi connectivity index (χ0) is 15.3. The van der Waals surface area contributed by atoms with Crippen LogP contribution >= 0.6 is 15.9 Å². The lowest BCUT2D eigenvalue weighted by molar-refractivity contribution is -0.116. The number of halogens is 1. The van der Waals surface area contributed by atoms with E-state index in [9.17, 15) is 13.2 Å². The van der Waals surface area contributed by atoms with Crippen LogP contribution in [0.15, 0.2) is 28.7 Å². The molecule has 0 aliphatic rings. The van der Waals surface area contributed by atoms with Gasteiger partial charge in [-0.2, -0.15) is 4.31 Å². The van der Waals surface area contributed by atoms with Crippen LogP contribution in [0.3, 0.4) is 0 Å². The zero-order valence-electron chi connectivity index (χ0n) is 11.8. The van der Waals surface area contributed by atoms with Crippen LogP contribution in [0.5, 0.6) is 0 Å². The molecule has 0 saturated carbocycles. The van der Waals surface area contributed by atoms with Gasteiger partial charge in [-0.1, -0.05) is 22.0 Å². The van der Waals surface area contributed by atoms with Crippen molar-refractivity contribution >= 4 is 37.5 Å². The maximum absolute atomic E-state index is 11.8. The van der Waals surface area contributed by atoms with Gasteiger partial charge in [0.25, 0.3) is 0 Å². The Bertz CT molecular complexity index is 573. The molecule has 0 aromatic heterocycles. The van der Waals surface area contributed by atoms with Crippen LogP contribution in [-0.4, -0.2) is 37.5 Å². The summed E-state index contributed by atoms with van der Waals surface area (Å²) < 4.78 is 25.3. The molecule has 0 heterocycles. The maximum Gasteiger partial charge on any atom is 0.225 e. The Morgan fingerprint density at radius 1 is 1.40 bits per heavy atom. The van der Waals surface area contributed by atoms with Crippen LogP contribution in [0.2, 0.25) is 0 Å². The van der Waals surface area contributed by atoms with E-state index in [1.165, 1.54) is 4.31 Å². The molecule has 0 atom stereocenters. The Kier molecular flexibility index (Phi) is 6.16. The van der Waals surface area contributed by atoms with Crippen LogP contribution < -0.4 is 5.32 Å². The van der Waals surface area contributed by atoms with Gasteiger partial charge in [-0.15, -0.1) is 0 Å². The summed E-state index contributed by atoms with van der Waals surface area (Å²) in [6.07, 6.45) is 1.27. The van der Waals surface area contributed by atoms with Crippen molar-refractivity contribution in [2.24, 2.45) is 0 Å². The van der Waals surface area contributed by atoms with E-state index in [1.807, 2.05) is 12.1 Å². The molecule has 7 heteroatoms.